The summed E-state index contributed by atoms with van der Waals surface area (Å²) in [6.07, 6.45) is 25.6. The van der Waals surface area contributed by atoms with E-state index < -0.39 is 11.6 Å². The number of hydrogen-bond acceptors (Lipinski definition) is 3. The van der Waals surface area contributed by atoms with Crippen molar-refractivity contribution in [1.29, 1.82) is 0 Å². The number of rotatable bonds is 10. The molecule has 0 heterocycles. The maximum atomic E-state index is 7.23. The van der Waals surface area contributed by atoms with Crippen molar-refractivity contribution in [2.24, 2.45) is 33.5 Å². The molecule has 37 heavy (non-hydrogen) atoms. The highest BCUT2D eigenvalue weighted by Gasteiger charge is 2.55. The van der Waals surface area contributed by atoms with E-state index in [1.54, 1.807) is 0 Å². The fourth-order valence-corrected chi connectivity index (χ4v) is 10.9. The van der Waals surface area contributed by atoms with Gasteiger partial charge in [0, 0.05) is 25.7 Å². The topological polar surface area (TPSA) is 27.7 Å². The predicted octanol–water partition coefficient (Wildman–Crippen LogP) is 9.57. The second-order valence-electron chi connectivity index (χ2n) is 16.5. The zero-order valence-electron chi connectivity index (χ0n) is 24.9. The molecule has 0 amide bonds. The Balaban J connectivity index is 1.09. The Bertz CT molecular complexity index is 738. The van der Waals surface area contributed by atoms with Gasteiger partial charge < -0.3 is 14.2 Å². The molecule has 0 aliphatic heterocycles. The van der Waals surface area contributed by atoms with Crippen LogP contribution in [0.3, 0.4) is 0 Å². The first-order valence-electron chi connectivity index (χ1n) is 16.6. The third-order valence-electron chi connectivity index (χ3n) is 12.9. The molecule has 4 atom stereocenters. The van der Waals surface area contributed by atoms with Gasteiger partial charge in [-0.15, -0.1) is 0 Å². The van der Waals surface area contributed by atoms with Crippen molar-refractivity contribution in [1.82, 2.24) is 0 Å². The van der Waals surface area contributed by atoms with Gasteiger partial charge in [-0.2, -0.15) is 0 Å². The zero-order chi connectivity index (χ0) is 25.8. The highest BCUT2D eigenvalue weighted by Crippen LogP contribution is 2.65. The molecule has 6 fully saturated rings. The van der Waals surface area contributed by atoms with Crippen LogP contribution in [0, 0.1) is 33.5 Å². The molecule has 4 unspecified atom stereocenters. The van der Waals surface area contributed by atoms with Gasteiger partial charge in [-0.05, 0) is 123 Å². The Morgan fingerprint density at radius 1 is 0.541 bits per heavy atom. The molecule has 0 N–H and O–H groups in total. The van der Waals surface area contributed by atoms with Crippen molar-refractivity contribution in [2.45, 2.75) is 168 Å². The lowest BCUT2D eigenvalue weighted by molar-refractivity contribution is -0.376. The van der Waals surface area contributed by atoms with Gasteiger partial charge in [-0.3, -0.25) is 0 Å². The summed E-state index contributed by atoms with van der Waals surface area (Å²) in [6.45, 7) is 11.8. The fraction of sp³-hybridized carbons (Fsp3) is 1.00. The largest absolute Gasteiger partial charge is 0.350 e. The molecule has 6 saturated carbocycles. The minimum absolute atomic E-state index is 0.412. The second kappa shape index (κ2) is 9.76. The van der Waals surface area contributed by atoms with E-state index in [4.69, 9.17) is 14.2 Å². The number of ether oxygens (including phenoxy) is 3. The molecule has 0 spiro atoms. The van der Waals surface area contributed by atoms with Crippen LogP contribution >= 0.6 is 0 Å². The van der Waals surface area contributed by atoms with E-state index in [-0.39, 0.29) is 0 Å². The monoisotopic (exact) mass is 514 g/mol. The summed E-state index contributed by atoms with van der Waals surface area (Å²) in [5.41, 5.74) is 2.14. The fourth-order valence-electron chi connectivity index (χ4n) is 10.9. The van der Waals surface area contributed by atoms with Crippen molar-refractivity contribution >= 4 is 0 Å². The first-order valence-corrected chi connectivity index (χ1v) is 16.6. The molecule has 6 rings (SSSR count). The van der Waals surface area contributed by atoms with Crippen molar-refractivity contribution < 1.29 is 14.2 Å². The van der Waals surface area contributed by atoms with Crippen LogP contribution in [0.5, 0.6) is 0 Å². The Kier molecular flexibility index (Phi) is 7.14. The van der Waals surface area contributed by atoms with Gasteiger partial charge in [0.2, 0.25) is 0 Å². The quantitative estimate of drug-likeness (QED) is 0.272. The van der Waals surface area contributed by atoms with Crippen molar-refractivity contribution in [3.63, 3.8) is 0 Å². The summed E-state index contributed by atoms with van der Waals surface area (Å²) in [5.74, 6) is 1.05. The minimum Gasteiger partial charge on any atom is -0.350 e. The van der Waals surface area contributed by atoms with Gasteiger partial charge in [0.05, 0.1) is 13.2 Å². The van der Waals surface area contributed by atoms with E-state index >= 15 is 0 Å². The summed E-state index contributed by atoms with van der Waals surface area (Å²) in [5, 5.41) is 0. The maximum absolute atomic E-state index is 7.23. The smallest absolute Gasteiger partial charge is 0.171 e. The van der Waals surface area contributed by atoms with Gasteiger partial charge in [0.1, 0.15) is 0 Å². The van der Waals surface area contributed by atoms with Gasteiger partial charge in [0.25, 0.3) is 0 Å². The Morgan fingerprint density at radius 3 is 1.27 bits per heavy atom. The molecule has 3 heteroatoms. The van der Waals surface area contributed by atoms with E-state index in [9.17, 15) is 0 Å². The summed E-state index contributed by atoms with van der Waals surface area (Å²) in [4.78, 5) is 0. The average molecular weight is 515 g/mol. The van der Waals surface area contributed by atoms with Crippen LogP contribution in [-0.2, 0) is 14.2 Å². The normalized spacial score (nSPS) is 40.9. The maximum Gasteiger partial charge on any atom is 0.171 e. The van der Waals surface area contributed by atoms with Crippen LogP contribution in [0.4, 0.5) is 0 Å². The summed E-state index contributed by atoms with van der Waals surface area (Å²) >= 11 is 0. The summed E-state index contributed by atoms with van der Waals surface area (Å²) < 4.78 is 21.1. The van der Waals surface area contributed by atoms with E-state index in [1.807, 2.05) is 0 Å². The molecule has 0 radical (unpaired) electrons. The lowest BCUT2D eigenvalue weighted by Gasteiger charge is -2.47. The first kappa shape index (κ1) is 27.1. The molecule has 212 valence electrons. The van der Waals surface area contributed by atoms with E-state index in [1.165, 1.54) is 103 Å². The van der Waals surface area contributed by atoms with Crippen molar-refractivity contribution in [3.8, 4) is 0 Å². The van der Waals surface area contributed by atoms with Crippen LogP contribution in [0.2, 0.25) is 0 Å². The van der Waals surface area contributed by atoms with E-state index in [2.05, 4.69) is 27.7 Å². The van der Waals surface area contributed by atoms with Crippen molar-refractivity contribution in [3.05, 3.63) is 0 Å². The Hall–Kier alpha value is -0.120. The highest BCUT2D eigenvalue weighted by molar-refractivity contribution is 5.05. The van der Waals surface area contributed by atoms with Gasteiger partial charge in [0.15, 0.2) is 11.6 Å². The summed E-state index contributed by atoms with van der Waals surface area (Å²) in [6, 6.07) is 0. The molecule has 6 aliphatic rings. The molecule has 6 aliphatic carbocycles. The zero-order valence-corrected chi connectivity index (χ0v) is 24.9. The highest BCUT2D eigenvalue weighted by atomic mass is 16.8. The minimum atomic E-state index is -0.412. The molecule has 0 saturated heterocycles. The lowest BCUT2D eigenvalue weighted by atomic mass is 9.71. The molecule has 0 aromatic heterocycles. The van der Waals surface area contributed by atoms with Gasteiger partial charge >= 0.3 is 0 Å². The number of hydrogen-bond donors (Lipinski definition) is 0. The van der Waals surface area contributed by atoms with E-state index in [0.29, 0.717) is 21.7 Å². The molecular weight excluding hydrogens is 456 g/mol. The van der Waals surface area contributed by atoms with Crippen LogP contribution in [-0.4, -0.2) is 24.8 Å². The van der Waals surface area contributed by atoms with Crippen LogP contribution in [0.25, 0.3) is 0 Å². The standard InChI is InChI=1S/C34H58O3/c1-29(2)25-31(17-11-27(29)23-31)19-21-35-33(13-7-5-8-14-33)37-34(15-9-6-10-16-34)36-22-20-32-18-12-28(24-32)30(3,4)26-32/h27-28H,5-26H2,1-4H3. The van der Waals surface area contributed by atoms with Crippen LogP contribution < -0.4 is 0 Å². The third kappa shape index (κ3) is 5.33. The SMILES string of the molecule is CC1(C)CC2(CCOC3(OC4(OCCC56CCC(C5)C(C)(C)C6)CCCCC4)CCCCC3)CCC1C2. The van der Waals surface area contributed by atoms with Crippen molar-refractivity contribution in [2.75, 3.05) is 13.2 Å². The molecular formula is C34H58O3. The first-order chi connectivity index (χ1) is 17.6. The second-order valence-corrected chi connectivity index (χ2v) is 16.5. The number of fused-ring (bicyclic) bond motifs is 4. The third-order valence-corrected chi connectivity index (χ3v) is 12.9. The average Bonchev–Trinajstić information content (AvgIpc) is 3.56. The molecule has 4 bridgehead atoms. The van der Waals surface area contributed by atoms with Crippen LogP contribution in [0.1, 0.15) is 156 Å². The van der Waals surface area contributed by atoms with Gasteiger partial charge in [-0.25, -0.2) is 0 Å². The Morgan fingerprint density at radius 2 is 0.946 bits per heavy atom. The van der Waals surface area contributed by atoms with Gasteiger partial charge in [-0.1, -0.05) is 40.5 Å². The summed E-state index contributed by atoms with van der Waals surface area (Å²) in [7, 11) is 0. The molecule has 3 nitrogen and oxygen atoms in total. The lowest BCUT2D eigenvalue weighted by Crippen LogP contribution is -2.50. The van der Waals surface area contributed by atoms with E-state index in [0.717, 1.165) is 50.7 Å². The molecule has 0 aromatic carbocycles. The predicted molar refractivity (Wildman–Crippen MR) is 150 cm³/mol. The molecule has 0 aromatic rings. The Labute approximate surface area is 228 Å². The van der Waals surface area contributed by atoms with Crippen LogP contribution in [0.15, 0.2) is 0 Å².